The molecule has 0 aromatic carbocycles. The third kappa shape index (κ3) is 37.3. The summed E-state index contributed by atoms with van der Waals surface area (Å²) in [4.78, 5) is 11.6. The van der Waals surface area contributed by atoms with Gasteiger partial charge in [-0.05, 0) is 18.6 Å². The maximum atomic E-state index is 11.6. The number of nitrogens with one attached hydrogen (secondary N) is 1. The van der Waals surface area contributed by atoms with Gasteiger partial charge in [0.15, 0.2) is 0 Å². The Labute approximate surface area is 254 Å². The van der Waals surface area contributed by atoms with Crippen LogP contribution in [0.15, 0.2) is 0 Å². The number of carbonyl (C=O) groups excluding carboxylic acids is 1. The summed E-state index contributed by atoms with van der Waals surface area (Å²) in [6, 6.07) is 0. The summed E-state index contributed by atoms with van der Waals surface area (Å²) >= 11 is 4.25. The third-order valence-electron chi connectivity index (χ3n) is 5.77. The SMILES string of the molecule is O=C(NCCOCCOCCOCCO)OCCOCCOCCOCCOCCCCCCCCCCCCS. The number of aliphatic hydroxyl groups is 1. The number of aliphatic hydroxyl groups excluding tert-OH is 1. The fourth-order valence-corrected chi connectivity index (χ4v) is 3.79. The van der Waals surface area contributed by atoms with E-state index in [4.69, 9.17) is 43.0 Å². The molecule has 11 nitrogen and oxygen atoms in total. The molecule has 0 fully saturated rings. The number of amides is 1. The monoisotopic (exact) mass is 613 g/mol. The second-order valence-electron chi connectivity index (χ2n) is 9.33. The zero-order valence-corrected chi connectivity index (χ0v) is 26.3. The number of unbranched alkanes of at least 4 members (excludes halogenated alkanes) is 9. The minimum Gasteiger partial charge on any atom is -0.447 e. The molecular weight excluding hydrogens is 554 g/mol. The van der Waals surface area contributed by atoms with Crippen LogP contribution in [0.25, 0.3) is 0 Å². The molecule has 0 aliphatic rings. The lowest BCUT2D eigenvalue weighted by Gasteiger charge is -2.09. The van der Waals surface area contributed by atoms with E-state index in [1.54, 1.807) is 0 Å². The van der Waals surface area contributed by atoms with Crippen molar-refractivity contribution in [2.45, 2.75) is 64.2 Å². The number of carbonyl (C=O) groups is 1. The Morgan fingerprint density at radius 2 is 0.829 bits per heavy atom. The Morgan fingerprint density at radius 3 is 1.29 bits per heavy atom. The molecule has 0 rings (SSSR count). The Kier molecular flexibility index (Phi) is 36.7. The molecule has 0 saturated carbocycles. The van der Waals surface area contributed by atoms with Crippen LogP contribution in [0.2, 0.25) is 0 Å². The van der Waals surface area contributed by atoms with Gasteiger partial charge in [0.1, 0.15) is 6.61 Å². The fourth-order valence-electron chi connectivity index (χ4n) is 3.57. The summed E-state index contributed by atoms with van der Waals surface area (Å²) in [7, 11) is 0. The van der Waals surface area contributed by atoms with Gasteiger partial charge in [-0.1, -0.05) is 51.4 Å². The molecule has 246 valence electrons. The smallest absolute Gasteiger partial charge is 0.407 e. The summed E-state index contributed by atoms with van der Waals surface area (Å²) in [5.74, 6) is 1.02. The normalized spacial score (nSPS) is 11.3. The highest BCUT2D eigenvalue weighted by Crippen LogP contribution is 2.10. The van der Waals surface area contributed by atoms with Gasteiger partial charge < -0.3 is 48.3 Å². The second kappa shape index (κ2) is 37.3. The van der Waals surface area contributed by atoms with Crippen LogP contribution >= 0.6 is 12.6 Å². The van der Waals surface area contributed by atoms with Gasteiger partial charge in [0, 0.05) is 13.2 Å². The molecular formula is C29H59NO10S. The molecule has 0 atom stereocenters. The van der Waals surface area contributed by atoms with Crippen molar-refractivity contribution >= 4 is 18.7 Å². The summed E-state index contributed by atoms with van der Waals surface area (Å²) in [6.45, 7) is 7.17. The lowest BCUT2D eigenvalue weighted by atomic mass is 10.1. The van der Waals surface area contributed by atoms with Crippen molar-refractivity contribution in [1.29, 1.82) is 0 Å². The topological polar surface area (TPSA) is 123 Å². The molecule has 0 spiro atoms. The third-order valence-corrected chi connectivity index (χ3v) is 6.09. The molecule has 0 bridgehead atoms. The quantitative estimate of drug-likeness (QED) is 0.0721. The van der Waals surface area contributed by atoms with Gasteiger partial charge in [-0.2, -0.15) is 12.6 Å². The number of hydrogen-bond acceptors (Lipinski definition) is 11. The lowest BCUT2D eigenvalue weighted by molar-refractivity contribution is -0.00692. The highest BCUT2D eigenvalue weighted by molar-refractivity contribution is 7.80. The average molecular weight is 614 g/mol. The van der Waals surface area contributed by atoms with Crippen molar-refractivity contribution in [2.75, 3.05) is 118 Å². The Bertz CT molecular complexity index is 508. The van der Waals surface area contributed by atoms with E-state index in [-0.39, 0.29) is 13.2 Å². The molecule has 2 N–H and O–H groups in total. The first kappa shape index (κ1) is 40.3. The zero-order valence-electron chi connectivity index (χ0n) is 25.4. The molecule has 0 aromatic heterocycles. The van der Waals surface area contributed by atoms with Gasteiger partial charge in [-0.25, -0.2) is 4.79 Å². The minimum atomic E-state index is -0.510. The van der Waals surface area contributed by atoms with E-state index < -0.39 is 6.09 Å². The van der Waals surface area contributed by atoms with Gasteiger partial charge in [0.25, 0.3) is 0 Å². The number of hydrogen-bond donors (Lipinski definition) is 3. The molecule has 0 aromatic rings. The molecule has 0 saturated heterocycles. The Balaban J connectivity index is 3.12. The van der Waals surface area contributed by atoms with Crippen molar-refractivity contribution in [1.82, 2.24) is 5.32 Å². The molecule has 0 radical (unpaired) electrons. The predicted molar refractivity (Wildman–Crippen MR) is 162 cm³/mol. The summed E-state index contributed by atoms with van der Waals surface area (Å²) in [5, 5.41) is 11.2. The number of alkyl carbamates (subject to hydrolysis) is 1. The van der Waals surface area contributed by atoms with E-state index in [0.717, 1.165) is 18.8 Å². The van der Waals surface area contributed by atoms with Crippen LogP contribution in [0.4, 0.5) is 4.79 Å². The maximum absolute atomic E-state index is 11.6. The molecule has 0 unspecified atom stereocenters. The van der Waals surface area contributed by atoms with Crippen molar-refractivity contribution < 1.29 is 47.8 Å². The Morgan fingerprint density at radius 1 is 0.463 bits per heavy atom. The van der Waals surface area contributed by atoms with Crippen molar-refractivity contribution in [3.63, 3.8) is 0 Å². The standard InChI is InChI=1S/C29H59NO10S/c31-12-15-35-18-21-37-20-17-34-14-11-30-29(32)40-27-26-39-25-24-38-23-22-36-19-16-33-13-9-7-5-3-1-2-4-6-8-10-28-41/h31,41H,1-28H2,(H,30,32). The summed E-state index contributed by atoms with van der Waals surface area (Å²) in [5.41, 5.74) is 0. The van der Waals surface area contributed by atoms with Crippen LogP contribution in [-0.4, -0.2) is 129 Å². The Hall–Kier alpha value is -0.700. The van der Waals surface area contributed by atoms with E-state index in [9.17, 15) is 4.79 Å². The van der Waals surface area contributed by atoms with Crippen molar-refractivity contribution in [3.8, 4) is 0 Å². The van der Waals surface area contributed by atoms with E-state index >= 15 is 0 Å². The minimum absolute atomic E-state index is 0.00654. The van der Waals surface area contributed by atoms with Crippen LogP contribution in [0.5, 0.6) is 0 Å². The van der Waals surface area contributed by atoms with Gasteiger partial charge in [0.05, 0.1) is 92.5 Å². The summed E-state index contributed by atoms with van der Waals surface area (Å²) < 4.78 is 42.7. The van der Waals surface area contributed by atoms with E-state index in [1.165, 1.54) is 57.8 Å². The summed E-state index contributed by atoms with van der Waals surface area (Å²) in [6.07, 6.45) is 12.5. The first-order valence-electron chi connectivity index (χ1n) is 15.5. The van der Waals surface area contributed by atoms with Gasteiger partial charge in [0.2, 0.25) is 0 Å². The zero-order chi connectivity index (χ0) is 29.7. The molecule has 41 heavy (non-hydrogen) atoms. The second-order valence-corrected chi connectivity index (χ2v) is 9.78. The van der Waals surface area contributed by atoms with Crippen LogP contribution in [0.1, 0.15) is 64.2 Å². The first-order valence-corrected chi connectivity index (χ1v) is 16.1. The highest BCUT2D eigenvalue weighted by Gasteiger charge is 2.01. The number of thiol groups is 1. The van der Waals surface area contributed by atoms with E-state index in [0.29, 0.717) is 92.4 Å². The largest absolute Gasteiger partial charge is 0.447 e. The van der Waals surface area contributed by atoms with Crippen molar-refractivity contribution in [3.05, 3.63) is 0 Å². The fraction of sp³-hybridized carbons (Fsp3) is 0.966. The predicted octanol–water partition coefficient (Wildman–Crippen LogP) is 3.65. The van der Waals surface area contributed by atoms with Crippen LogP contribution in [0.3, 0.4) is 0 Å². The van der Waals surface area contributed by atoms with E-state index in [1.807, 2.05) is 0 Å². The number of rotatable bonds is 35. The lowest BCUT2D eigenvalue weighted by Crippen LogP contribution is -2.29. The molecule has 0 aliphatic carbocycles. The molecule has 12 heteroatoms. The van der Waals surface area contributed by atoms with Crippen LogP contribution < -0.4 is 5.32 Å². The van der Waals surface area contributed by atoms with Crippen LogP contribution in [-0.2, 0) is 37.9 Å². The number of ether oxygens (including phenoxy) is 8. The highest BCUT2D eigenvalue weighted by atomic mass is 32.1. The first-order chi connectivity index (χ1) is 20.3. The van der Waals surface area contributed by atoms with Gasteiger partial charge in [-0.3, -0.25) is 0 Å². The molecule has 0 aliphatic heterocycles. The van der Waals surface area contributed by atoms with Gasteiger partial charge >= 0.3 is 6.09 Å². The molecule has 1 amide bonds. The molecule has 0 heterocycles. The maximum Gasteiger partial charge on any atom is 0.407 e. The van der Waals surface area contributed by atoms with Crippen molar-refractivity contribution in [2.24, 2.45) is 0 Å². The van der Waals surface area contributed by atoms with Crippen LogP contribution in [0, 0.1) is 0 Å². The average Bonchev–Trinajstić information content (AvgIpc) is 2.98. The van der Waals surface area contributed by atoms with Gasteiger partial charge in [-0.15, -0.1) is 0 Å². The van der Waals surface area contributed by atoms with E-state index in [2.05, 4.69) is 17.9 Å².